The predicted octanol–water partition coefficient (Wildman–Crippen LogP) is 1.08. The topological polar surface area (TPSA) is 66.1 Å². The second-order valence-electron chi connectivity index (χ2n) is 4.42. The van der Waals surface area contributed by atoms with E-state index in [9.17, 15) is 4.79 Å². The Labute approximate surface area is 98.5 Å². The molecule has 5 nitrogen and oxygen atoms in total. The minimum Gasteiger partial charge on any atom is -0.463 e. The fraction of sp³-hybridized carbons (Fsp3) is 0.417. The first-order valence-electron chi connectivity index (χ1n) is 5.83. The molecule has 90 valence electrons. The Morgan fingerprint density at radius 1 is 1.29 bits per heavy atom. The molecule has 2 N–H and O–H groups in total. The number of furan rings is 1. The molecular formula is C12H15N3O2. The predicted molar refractivity (Wildman–Crippen MR) is 62.7 cm³/mol. The van der Waals surface area contributed by atoms with Crippen LogP contribution in [0.1, 0.15) is 30.4 Å². The third-order valence-corrected chi connectivity index (χ3v) is 3.06. The fourth-order valence-corrected chi connectivity index (χ4v) is 1.96. The van der Waals surface area contributed by atoms with E-state index in [1.165, 1.54) is 0 Å². The second-order valence-corrected chi connectivity index (χ2v) is 4.42. The van der Waals surface area contributed by atoms with Gasteiger partial charge in [-0.15, -0.1) is 0 Å². The van der Waals surface area contributed by atoms with Crippen LogP contribution in [-0.2, 0) is 13.1 Å². The van der Waals surface area contributed by atoms with E-state index >= 15 is 0 Å². The first-order valence-corrected chi connectivity index (χ1v) is 5.83. The molecule has 3 rings (SSSR count). The molecule has 0 aromatic carbocycles. The van der Waals surface area contributed by atoms with Gasteiger partial charge >= 0.3 is 5.69 Å². The molecule has 2 aromatic heterocycles. The molecule has 1 fully saturated rings. The van der Waals surface area contributed by atoms with E-state index in [1.807, 2.05) is 24.5 Å². The molecular weight excluding hydrogens is 218 g/mol. The van der Waals surface area contributed by atoms with Crippen molar-refractivity contribution < 1.29 is 4.42 Å². The van der Waals surface area contributed by atoms with Crippen LogP contribution in [0.4, 0.5) is 0 Å². The van der Waals surface area contributed by atoms with E-state index in [0.29, 0.717) is 19.1 Å². The molecule has 5 heteroatoms. The SMILES string of the molecule is NCc1ccc(Cn2ccn(C3CC3)c2=O)o1. The van der Waals surface area contributed by atoms with Gasteiger partial charge in [-0.25, -0.2) is 4.79 Å². The second kappa shape index (κ2) is 3.92. The normalized spacial score (nSPS) is 15.4. The molecule has 0 bridgehead atoms. The monoisotopic (exact) mass is 233 g/mol. The minimum atomic E-state index is 0.0400. The van der Waals surface area contributed by atoms with Crippen LogP contribution in [0.5, 0.6) is 0 Å². The van der Waals surface area contributed by atoms with E-state index < -0.39 is 0 Å². The molecule has 0 amide bonds. The summed E-state index contributed by atoms with van der Waals surface area (Å²) in [7, 11) is 0. The third kappa shape index (κ3) is 1.93. The summed E-state index contributed by atoms with van der Waals surface area (Å²) in [4.78, 5) is 12.0. The van der Waals surface area contributed by atoms with Gasteiger partial charge < -0.3 is 10.2 Å². The van der Waals surface area contributed by atoms with Gasteiger partial charge in [-0.2, -0.15) is 0 Å². The van der Waals surface area contributed by atoms with Gasteiger partial charge in [0.05, 0.1) is 13.1 Å². The number of hydrogen-bond acceptors (Lipinski definition) is 3. The van der Waals surface area contributed by atoms with E-state index in [1.54, 1.807) is 9.13 Å². The molecule has 2 aromatic rings. The number of hydrogen-bond donors (Lipinski definition) is 1. The summed E-state index contributed by atoms with van der Waals surface area (Å²) < 4.78 is 8.95. The Kier molecular flexibility index (Phi) is 2.40. The van der Waals surface area contributed by atoms with Crippen LogP contribution in [0.15, 0.2) is 33.7 Å². The van der Waals surface area contributed by atoms with Crippen LogP contribution in [0, 0.1) is 0 Å². The van der Waals surface area contributed by atoms with E-state index in [-0.39, 0.29) is 5.69 Å². The Morgan fingerprint density at radius 2 is 2.06 bits per heavy atom. The average Bonchev–Trinajstić information content (AvgIpc) is 2.97. The smallest absolute Gasteiger partial charge is 0.328 e. The van der Waals surface area contributed by atoms with Gasteiger partial charge in [0.1, 0.15) is 11.5 Å². The molecule has 1 aliphatic rings. The lowest BCUT2D eigenvalue weighted by atomic mass is 10.4. The fourth-order valence-electron chi connectivity index (χ4n) is 1.96. The lowest BCUT2D eigenvalue weighted by Gasteiger charge is -1.98. The van der Waals surface area contributed by atoms with Gasteiger partial charge in [0.25, 0.3) is 0 Å². The average molecular weight is 233 g/mol. The highest BCUT2D eigenvalue weighted by atomic mass is 16.3. The van der Waals surface area contributed by atoms with Crippen molar-refractivity contribution in [3.63, 3.8) is 0 Å². The Morgan fingerprint density at radius 3 is 2.71 bits per heavy atom. The van der Waals surface area contributed by atoms with Crippen molar-refractivity contribution in [3.05, 3.63) is 46.5 Å². The van der Waals surface area contributed by atoms with Crippen molar-refractivity contribution in [1.29, 1.82) is 0 Å². The van der Waals surface area contributed by atoms with Gasteiger partial charge in [0.2, 0.25) is 0 Å². The highest BCUT2D eigenvalue weighted by Crippen LogP contribution is 2.33. The third-order valence-electron chi connectivity index (χ3n) is 3.06. The molecule has 2 heterocycles. The first kappa shape index (κ1) is 10.4. The van der Waals surface area contributed by atoms with Gasteiger partial charge in [-0.05, 0) is 25.0 Å². The minimum absolute atomic E-state index is 0.0400. The van der Waals surface area contributed by atoms with E-state index in [0.717, 1.165) is 24.4 Å². The zero-order chi connectivity index (χ0) is 11.8. The quantitative estimate of drug-likeness (QED) is 0.859. The molecule has 1 aliphatic carbocycles. The lowest BCUT2D eigenvalue weighted by Crippen LogP contribution is -2.23. The largest absolute Gasteiger partial charge is 0.463 e. The van der Waals surface area contributed by atoms with Gasteiger partial charge in [-0.3, -0.25) is 9.13 Å². The lowest BCUT2D eigenvalue weighted by molar-refractivity contribution is 0.451. The molecule has 0 unspecified atom stereocenters. The molecule has 0 saturated heterocycles. The maximum absolute atomic E-state index is 12.0. The van der Waals surface area contributed by atoms with Gasteiger partial charge in [-0.1, -0.05) is 0 Å². The van der Waals surface area contributed by atoms with Crippen LogP contribution >= 0.6 is 0 Å². The van der Waals surface area contributed by atoms with Gasteiger partial charge in [0.15, 0.2) is 0 Å². The van der Waals surface area contributed by atoms with Crippen LogP contribution in [0.25, 0.3) is 0 Å². The summed E-state index contributed by atoms with van der Waals surface area (Å²) in [5.74, 6) is 1.51. The van der Waals surface area contributed by atoms with Crippen molar-refractivity contribution in [2.45, 2.75) is 32.0 Å². The van der Waals surface area contributed by atoms with E-state index in [4.69, 9.17) is 10.2 Å². The van der Waals surface area contributed by atoms with Crippen LogP contribution in [0.2, 0.25) is 0 Å². The molecule has 0 atom stereocenters. The van der Waals surface area contributed by atoms with Crippen LogP contribution in [-0.4, -0.2) is 9.13 Å². The highest BCUT2D eigenvalue weighted by Gasteiger charge is 2.25. The Bertz CT molecular complexity index is 575. The zero-order valence-corrected chi connectivity index (χ0v) is 9.50. The van der Waals surface area contributed by atoms with E-state index in [2.05, 4.69) is 0 Å². The van der Waals surface area contributed by atoms with Crippen molar-refractivity contribution in [2.75, 3.05) is 0 Å². The number of rotatable bonds is 4. The number of aromatic nitrogens is 2. The maximum Gasteiger partial charge on any atom is 0.328 e. The van der Waals surface area contributed by atoms with Crippen LogP contribution in [0.3, 0.4) is 0 Å². The molecule has 1 saturated carbocycles. The molecule has 0 aliphatic heterocycles. The summed E-state index contributed by atoms with van der Waals surface area (Å²) in [5, 5.41) is 0. The standard InChI is InChI=1S/C12H15N3O2/c13-7-10-3-4-11(17-10)8-14-5-6-15(12(14)16)9-1-2-9/h3-6,9H,1-2,7-8,13H2. The Balaban J connectivity index is 1.82. The summed E-state index contributed by atoms with van der Waals surface area (Å²) >= 11 is 0. The summed E-state index contributed by atoms with van der Waals surface area (Å²) in [6.45, 7) is 0.858. The molecule has 17 heavy (non-hydrogen) atoms. The number of nitrogens with zero attached hydrogens (tertiary/aromatic N) is 2. The maximum atomic E-state index is 12.0. The summed E-state index contributed by atoms with van der Waals surface area (Å²) in [6.07, 6.45) is 5.89. The summed E-state index contributed by atoms with van der Waals surface area (Å²) in [5.41, 5.74) is 5.51. The number of imidazole rings is 1. The van der Waals surface area contributed by atoms with Crippen LogP contribution < -0.4 is 11.4 Å². The molecule has 0 spiro atoms. The molecule has 0 radical (unpaired) electrons. The Hall–Kier alpha value is -1.75. The van der Waals surface area contributed by atoms with Crippen molar-refractivity contribution in [2.24, 2.45) is 5.73 Å². The van der Waals surface area contributed by atoms with Gasteiger partial charge in [0, 0.05) is 18.4 Å². The number of nitrogens with two attached hydrogens (primary N) is 1. The van der Waals surface area contributed by atoms with Crippen molar-refractivity contribution >= 4 is 0 Å². The first-order chi connectivity index (χ1) is 8.28. The zero-order valence-electron chi connectivity index (χ0n) is 9.50. The van der Waals surface area contributed by atoms with Crippen molar-refractivity contribution in [3.8, 4) is 0 Å². The summed E-state index contributed by atoms with van der Waals surface area (Å²) in [6, 6.07) is 4.13. The highest BCUT2D eigenvalue weighted by molar-refractivity contribution is 5.07. The van der Waals surface area contributed by atoms with Crippen molar-refractivity contribution in [1.82, 2.24) is 9.13 Å².